The number of hydrogen-bond donors (Lipinski definition) is 3. The van der Waals surface area contributed by atoms with Crippen LogP contribution in [0.2, 0.25) is 0 Å². The first kappa shape index (κ1) is 14.9. The highest BCUT2D eigenvalue weighted by atomic mass is 79.9. The fourth-order valence-corrected chi connectivity index (χ4v) is 2.93. The van der Waals surface area contributed by atoms with Crippen molar-refractivity contribution in [2.45, 2.75) is 32.2 Å². The van der Waals surface area contributed by atoms with E-state index in [0.29, 0.717) is 11.1 Å². The van der Waals surface area contributed by atoms with Gasteiger partial charge in [0.05, 0.1) is 5.52 Å². The molecule has 0 aliphatic rings. The van der Waals surface area contributed by atoms with Crippen molar-refractivity contribution in [1.82, 2.24) is 4.73 Å². The van der Waals surface area contributed by atoms with Crippen LogP contribution in [0.3, 0.4) is 0 Å². The van der Waals surface area contributed by atoms with Gasteiger partial charge in [-0.15, -0.1) is 0 Å². The SMILES string of the molecule is CC(C)c1ccc(Br)c2c(CC(N)C(=O)O)cn(O)c12. The first-order chi connectivity index (χ1) is 9.32. The maximum absolute atomic E-state index is 10.9. The molecular weight excluding hydrogens is 324 g/mol. The Kier molecular flexibility index (Phi) is 4.06. The number of aliphatic carboxylic acids is 1. The predicted molar refractivity (Wildman–Crippen MR) is 80.2 cm³/mol. The van der Waals surface area contributed by atoms with E-state index in [1.165, 1.54) is 6.20 Å². The van der Waals surface area contributed by atoms with Crippen LogP contribution in [0.25, 0.3) is 10.9 Å². The van der Waals surface area contributed by atoms with Gasteiger partial charge in [-0.2, -0.15) is 4.73 Å². The lowest BCUT2D eigenvalue weighted by Gasteiger charge is -2.10. The average Bonchev–Trinajstić information content (AvgIpc) is 2.67. The third-order valence-corrected chi connectivity index (χ3v) is 4.03. The van der Waals surface area contributed by atoms with E-state index in [1.54, 1.807) is 0 Å². The molecule has 2 rings (SSSR count). The first-order valence-corrected chi connectivity index (χ1v) is 7.12. The maximum Gasteiger partial charge on any atom is 0.320 e. The van der Waals surface area contributed by atoms with Gasteiger partial charge >= 0.3 is 5.97 Å². The summed E-state index contributed by atoms with van der Waals surface area (Å²) >= 11 is 3.46. The predicted octanol–water partition coefficient (Wildman–Crippen LogP) is 2.72. The molecule has 0 fully saturated rings. The lowest BCUT2D eigenvalue weighted by molar-refractivity contribution is -0.138. The minimum absolute atomic E-state index is 0.166. The highest BCUT2D eigenvalue weighted by molar-refractivity contribution is 9.10. The molecule has 0 aliphatic heterocycles. The van der Waals surface area contributed by atoms with Gasteiger partial charge in [-0.3, -0.25) is 4.79 Å². The normalized spacial score (nSPS) is 13.1. The van der Waals surface area contributed by atoms with E-state index in [2.05, 4.69) is 15.9 Å². The molecule has 108 valence electrons. The first-order valence-electron chi connectivity index (χ1n) is 6.33. The topological polar surface area (TPSA) is 88.5 Å². The van der Waals surface area contributed by atoms with Crippen LogP contribution >= 0.6 is 15.9 Å². The summed E-state index contributed by atoms with van der Waals surface area (Å²) in [5.74, 6) is -0.813. The summed E-state index contributed by atoms with van der Waals surface area (Å²) in [6.07, 6.45) is 1.70. The summed E-state index contributed by atoms with van der Waals surface area (Å²) in [6.45, 7) is 4.08. The smallest absolute Gasteiger partial charge is 0.320 e. The van der Waals surface area contributed by atoms with Gasteiger partial charge in [-0.1, -0.05) is 35.8 Å². The average molecular weight is 341 g/mol. The van der Waals surface area contributed by atoms with Crippen LogP contribution in [0.5, 0.6) is 0 Å². The van der Waals surface area contributed by atoms with Gasteiger partial charge in [0.1, 0.15) is 6.04 Å². The third kappa shape index (κ3) is 2.53. The minimum Gasteiger partial charge on any atom is -0.480 e. The molecule has 2 aromatic rings. The Labute approximate surface area is 125 Å². The molecule has 4 N–H and O–H groups in total. The number of carbonyl (C=O) groups is 1. The van der Waals surface area contributed by atoms with Crippen LogP contribution < -0.4 is 5.73 Å². The molecule has 0 saturated heterocycles. The van der Waals surface area contributed by atoms with Crippen molar-refractivity contribution in [1.29, 1.82) is 0 Å². The van der Waals surface area contributed by atoms with Crippen molar-refractivity contribution in [2.75, 3.05) is 0 Å². The maximum atomic E-state index is 10.9. The van der Waals surface area contributed by atoms with Crippen LogP contribution in [-0.4, -0.2) is 27.1 Å². The van der Waals surface area contributed by atoms with Gasteiger partial charge in [-0.25, -0.2) is 0 Å². The molecule has 20 heavy (non-hydrogen) atoms. The summed E-state index contributed by atoms with van der Waals surface area (Å²) in [5, 5.41) is 19.8. The van der Waals surface area contributed by atoms with Crippen molar-refractivity contribution in [3.05, 3.63) is 33.9 Å². The molecule has 1 atom stereocenters. The molecule has 1 unspecified atom stereocenters. The number of halogens is 1. The van der Waals surface area contributed by atoms with Crippen LogP contribution in [-0.2, 0) is 11.2 Å². The van der Waals surface area contributed by atoms with Gasteiger partial charge in [0.2, 0.25) is 0 Å². The quantitative estimate of drug-likeness (QED) is 0.746. The van der Waals surface area contributed by atoms with Crippen molar-refractivity contribution >= 4 is 32.8 Å². The fraction of sp³-hybridized carbons (Fsp3) is 0.357. The lowest BCUT2D eigenvalue weighted by atomic mass is 9.98. The van der Waals surface area contributed by atoms with Crippen molar-refractivity contribution in [2.24, 2.45) is 5.73 Å². The molecule has 0 aliphatic carbocycles. The summed E-state index contributed by atoms with van der Waals surface area (Å²) in [6, 6.07) is 2.87. The number of hydrogen-bond acceptors (Lipinski definition) is 3. The number of rotatable bonds is 4. The summed E-state index contributed by atoms with van der Waals surface area (Å²) in [5.41, 5.74) is 8.00. The van der Waals surface area contributed by atoms with Crippen LogP contribution in [0.4, 0.5) is 0 Å². The molecule has 1 aromatic carbocycles. The van der Waals surface area contributed by atoms with Gasteiger partial charge in [-0.05, 0) is 23.1 Å². The Bertz CT molecular complexity index is 664. The molecule has 0 bridgehead atoms. The Morgan fingerprint density at radius 1 is 1.45 bits per heavy atom. The highest BCUT2D eigenvalue weighted by Gasteiger charge is 2.20. The van der Waals surface area contributed by atoms with E-state index in [4.69, 9.17) is 10.8 Å². The number of fused-ring (bicyclic) bond motifs is 1. The number of nitrogens with two attached hydrogens (primary N) is 1. The number of carboxylic acids is 1. The second-order valence-electron chi connectivity index (χ2n) is 5.16. The standard InChI is InChI=1S/C14H17BrN2O3/c1-7(2)9-3-4-10(15)12-8(5-11(16)14(18)19)6-17(20)13(9)12/h3-4,6-7,11,20H,5,16H2,1-2H3,(H,18,19). The van der Waals surface area contributed by atoms with Crippen molar-refractivity contribution < 1.29 is 15.1 Å². The molecule has 5 nitrogen and oxygen atoms in total. The van der Waals surface area contributed by atoms with E-state index in [0.717, 1.165) is 20.2 Å². The fourth-order valence-electron chi connectivity index (χ4n) is 2.36. The third-order valence-electron chi connectivity index (χ3n) is 3.37. The summed E-state index contributed by atoms with van der Waals surface area (Å²) in [7, 11) is 0. The second-order valence-corrected chi connectivity index (χ2v) is 6.02. The highest BCUT2D eigenvalue weighted by Crippen LogP contribution is 2.34. The summed E-state index contributed by atoms with van der Waals surface area (Å²) in [4.78, 5) is 10.9. The zero-order valence-corrected chi connectivity index (χ0v) is 12.9. The molecule has 1 aromatic heterocycles. The number of aromatic nitrogens is 1. The minimum atomic E-state index is -1.06. The van der Waals surface area contributed by atoms with Crippen LogP contribution in [0.15, 0.2) is 22.8 Å². The monoisotopic (exact) mass is 340 g/mol. The van der Waals surface area contributed by atoms with Gasteiger partial charge < -0.3 is 16.0 Å². The van der Waals surface area contributed by atoms with Crippen molar-refractivity contribution in [3.8, 4) is 0 Å². The Morgan fingerprint density at radius 2 is 2.10 bits per heavy atom. The van der Waals surface area contributed by atoms with Crippen LogP contribution in [0.1, 0.15) is 30.9 Å². The van der Waals surface area contributed by atoms with Gasteiger partial charge in [0, 0.05) is 22.5 Å². The Hall–Kier alpha value is -1.53. The molecule has 0 radical (unpaired) electrons. The number of benzene rings is 1. The summed E-state index contributed by atoms with van der Waals surface area (Å²) < 4.78 is 1.87. The Morgan fingerprint density at radius 3 is 2.65 bits per heavy atom. The molecular formula is C14H17BrN2O3. The van der Waals surface area contributed by atoms with Crippen LogP contribution in [0, 0.1) is 0 Å². The van der Waals surface area contributed by atoms with Crippen molar-refractivity contribution in [3.63, 3.8) is 0 Å². The lowest BCUT2D eigenvalue weighted by Crippen LogP contribution is -2.32. The number of carboxylic acid groups (broad SMARTS) is 1. The van der Waals surface area contributed by atoms with Gasteiger partial charge in [0.25, 0.3) is 0 Å². The van der Waals surface area contributed by atoms with E-state index < -0.39 is 12.0 Å². The Balaban J connectivity index is 2.64. The molecule has 1 heterocycles. The van der Waals surface area contributed by atoms with E-state index in [1.807, 2.05) is 26.0 Å². The molecule has 0 saturated carbocycles. The molecule has 0 spiro atoms. The van der Waals surface area contributed by atoms with E-state index >= 15 is 0 Å². The largest absolute Gasteiger partial charge is 0.480 e. The van der Waals surface area contributed by atoms with E-state index in [9.17, 15) is 10.0 Å². The van der Waals surface area contributed by atoms with Gasteiger partial charge in [0.15, 0.2) is 0 Å². The number of nitrogens with zero attached hydrogens (tertiary/aromatic N) is 1. The zero-order chi connectivity index (χ0) is 15.0. The zero-order valence-electron chi connectivity index (χ0n) is 11.3. The van der Waals surface area contributed by atoms with E-state index in [-0.39, 0.29) is 12.3 Å². The molecule has 0 amide bonds. The molecule has 6 heteroatoms. The second kappa shape index (κ2) is 5.46.